The maximum atomic E-state index is 8.49. The highest BCUT2D eigenvalue weighted by Gasteiger charge is 1.98. The molecule has 4 heteroatoms. The molecule has 1 aromatic rings. The van der Waals surface area contributed by atoms with Gasteiger partial charge in [-0.2, -0.15) is 10.5 Å². The van der Waals surface area contributed by atoms with Gasteiger partial charge in [0.1, 0.15) is 17.7 Å². The van der Waals surface area contributed by atoms with E-state index in [-0.39, 0.29) is 5.57 Å². The largest absolute Gasteiger partial charge is 0.242 e. The van der Waals surface area contributed by atoms with Gasteiger partial charge in [-0.3, -0.25) is 0 Å². The van der Waals surface area contributed by atoms with Crippen molar-refractivity contribution in [3.8, 4) is 12.1 Å². The number of hydrogen-bond acceptors (Lipinski definition) is 4. The van der Waals surface area contributed by atoms with Crippen LogP contribution in [0.4, 0.5) is 0 Å². The van der Waals surface area contributed by atoms with E-state index in [9.17, 15) is 0 Å². The molecule has 64 valence electrons. The molecule has 0 aliphatic carbocycles. The topological polar surface area (TPSA) is 60.5 Å². The molecule has 0 saturated carbocycles. The lowest BCUT2D eigenvalue weighted by atomic mass is 10.3. The minimum Gasteiger partial charge on any atom is -0.242 e. The summed E-state index contributed by atoms with van der Waals surface area (Å²) in [5.41, 5.74) is 0.785. The molecule has 0 N–H and O–H groups in total. The van der Waals surface area contributed by atoms with Crippen LogP contribution >= 0.6 is 11.3 Å². The fourth-order valence-corrected chi connectivity index (χ4v) is 1.49. The summed E-state index contributed by atoms with van der Waals surface area (Å²) in [7, 11) is 0. The Morgan fingerprint density at radius 2 is 2.31 bits per heavy atom. The zero-order valence-corrected chi connectivity index (χ0v) is 7.93. The van der Waals surface area contributed by atoms with Crippen LogP contribution in [0.25, 0.3) is 6.08 Å². The Morgan fingerprint density at radius 3 is 2.77 bits per heavy atom. The van der Waals surface area contributed by atoms with Crippen molar-refractivity contribution in [2.24, 2.45) is 0 Å². The highest BCUT2D eigenvalue weighted by molar-refractivity contribution is 7.09. The summed E-state index contributed by atoms with van der Waals surface area (Å²) < 4.78 is 0. The van der Waals surface area contributed by atoms with Crippen molar-refractivity contribution < 1.29 is 0 Å². The van der Waals surface area contributed by atoms with Crippen molar-refractivity contribution in [3.63, 3.8) is 0 Å². The van der Waals surface area contributed by atoms with Gasteiger partial charge in [-0.25, -0.2) is 4.98 Å². The van der Waals surface area contributed by atoms with Crippen LogP contribution in [0.3, 0.4) is 0 Å². The second-order valence-electron chi connectivity index (χ2n) is 2.30. The van der Waals surface area contributed by atoms with Crippen molar-refractivity contribution in [1.29, 1.82) is 10.5 Å². The molecule has 0 aliphatic heterocycles. The Morgan fingerprint density at radius 1 is 1.62 bits per heavy atom. The second kappa shape index (κ2) is 4.39. The van der Waals surface area contributed by atoms with Gasteiger partial charge < -0.3 is 0 Å². The smallest absolute Gasteiger partial charge is 0.131 e. The maximum Gasteiger partial charge on any atom is 0.131 e. The van der Waals surface area contributed by atoms with Crippen molar-refractivity contribution in [2.45, 2.75) is 13.3 Å². The number of allylic oxidation sites excluding steroid dienone is 1. The number of hydrogen-bond donors (Lipinski definition) is 0. The van der Waals surface area contributed by atoms with Gasteiger partial charge in [-0.15, -0.1) is 11.3 Å². The molecule has 3 nitrogen and oxygen atoms in total. The Labute approximate surface area is 80.6 Å². The van der Waals surface area contributed by atoms with E-state index in [1.54, 1.807) is 12.1 Å². The third-order valence-electron chi connectivity index (χ3n) is 1.41. The van der Waals surface area contributed by atoms with Gasteiger partial charge in [-0.1, -0.05) is 6.92 Å². The van der Waals surface area contributed by atoms with Crippen molar-refractivity contribution in [3.05, 3.63) is 21.7 Å². The molecule has 0 fully saturated rings. The van der Waals surface area contributed by atoms with Crippen molar-refractivity contribution >= 4 is 17.4 Å². The van der Waals surface area contributed by atoms with E-state index in [2.05, 4.69) is 4.98 Å². The second-order valence-corrected chi connectivity index (χ2v) is 3.24. The van der Waals surface area contributed by atoms with Gasteiger partial charge in [0, 0.05) is 5.38 Å². The SMILES string of the molecule is CCc1nc(C=C(C#N)C#N)cs1. The molecule has 13 heavy (non-hydrogen) atoms. The lowest BCUT2D eigenvalue weighted by Gasteiger charge is -1.83. The van der Waals surface area contributed by atoms with Gasteiger partial charge in [-0.05, 0) is 12.5 Å². The molecule has 1 aromatic heterocycles. The number of aryl methyl sites for hydroxylation is 1. The van der Waals surface area contributed by atoms with Gasteiger partial charge >= 0.3 is 0 Å². The number of aromatic nitrogens is 1. The first-order valence-corrected chi connectivity index (χ1v) is 4.64. The van der Waals surface area contributed by atoms with E-state index in [4.69, 9.17) is 10.5 Å². The zero-order valence-electron chi connectivity index (χ0n) is 7.11. The van der Waals surface area contributed by atoms with Gasteiger partial charge in [0.2, 0.25) is 0 Å². The zero-order chi connectivity index (χ0) is 9.68. The summed E-state index contributed by atoms with van der Waals surface area (Å²) in [4.78, 5) is 4.20. The summed E-state index contributed by atoms with van der Waals surface area (Å²) in [6, 6.07) is 3.58. The van der Waals surface area contributed by atoms with Crippen LogP contribution in [0, 0.1) is 22.7 Å². The van der Waals surface area contributed by atoms with E-state index in [1.165, 1.54) is 17.4 Å². The molecule has 1 heterocycles. The molecule has 0 bridgehead atoms. The molecule has 0 aromatic carbocycles. The van der Waals surface area contributed by atoms with Gasteiger partial charge in [0.15, 0.2) is 0 Å². The molecule has 0 amide bonds. The molecule has 1 rings (SSSR count). The minimum absolute atomic E-state index is 0.0907. The molecule has 0 spiro atoms. The monoisotopic (exact) mass is 189 g/mol. The highest BCUT2D eigenvalue weighted by Crippen LogP contribution is 2.12. The van der Waals surface area contributed by atoms with Crippen molar-refractivity contribution in [1.82, 2.24) is 4.98 Å². The maximum absolute atomic E-state index is 8.49. The van der Waals surface area contributed by atoms with Crippen molar-refractivity contribution in [2.75, 3.05) is 0 Å². The Kier molecular flexibility index (Phi) is 3.19. The van der Waals surface area contributed by atoms with Crippen LogP contribution in [0.2, 0.25) is 0 Å². The summed E-state index contributed by atoms with van der Waals surface area (Å²) in [5.74, 6) is 0. The number of rotatable bonds is 2. The third kappa shape index (κ3) is 2.40. The number of nitrogens with zero attached hydrogens (tertiary/aromatic N) is 3. The Balaban J connectivity index is 2.93. The standard InChI is InChI=1S/C9H7N3S/c1-2-9-12-8(6-13-9)3-7(4-10)5-11/h3,6H,2H2,1H3. The lowest BCUT2D eigenvalue weighted by molar-refractivity contribution is 1.09. The first-order valence-electron chi connectivity index (χ1n) is 3.76. The Bertz CT molecular complexity index is 387. The van der Waals surface area contributed by atoms with E-state index in [0.717, 1.165) is 11.4 Å². The normalized spacial score (nSPS) is 8.54. The summed E-state index contributed by atoms with van der Waals surface area (Å²) >= 11 is 1.54. The summed E-state index contributed by atoms with van der Waals surface area (Å²) in [5, 5.41) is 19.8. The van der Waals surface area contributed by atoms with E-state index in [0.29, 0.717) is 5.69 Å². The van der Waals surface area contributed by atoms with Crippen LogP contribution in [0.1, 0.15) is 17.6 Å². The van der Waals surface area contributed by atoms with Crippen LogP contribution in [-0.4, -0.2) is 4.98 Å². The molecule has 0 aliphatic rings. The molecule has 0 saturated heterocycles. The molecule has 0 atom stereocenters. The average Bonchev–Trinajstić information content (AvgIpc) is 2.61. The quantitative estimate of drug-likeness (QED) is 0.669. The minimum atomic E-state index is 0.0907. The first-order chi connectivity index (χ1) is 6.30. The molecule has 0 unspecified atom stereocenters. The number of thiazole rings is 1. The molecular formula is C9H7N3S. The fraction of sp³-hybridized carbons (Fsp3) is 0.222. The third-order valence-corrected chi connectivity index (χ3v) is 2.42. The predicted octanol–water partition coefficient (Wildman–Crippen LogP) is 2.14. The predicted molar refractivity (Wildman–Crippen MR) is 50.7 cm³/mol. The number of nitriles is 2. The summed E-state index contributed by atoms with van der Waals surface area (Å²) in [6.07, 6.45) is 2.38. The highest BCUT2D eigenvalue weighted by atomic mass is 32.1. The van der Waals surface area contributed by atoms with Crippen LogP contribution in [0.15, 0.2) is 11.0 Å². The molecular weight excluding hydrogens is 182 g/mol. The van der Waals surface area contributed by atoms with E-state index >= 15 is 0 Å². The van der Waals surface area contributed by atoms with E-state index in [1.807, 2.05) is 12.3 Å². The lowest BCUT2D eigenvalue weighted by Crippen LogP contribution is -1.79. The van der Waals surface area contributed by atoms with E-state index < -0.39 is 0 Å². The molecule has 0 radical (unpaired) electrons. The van der Waals surface area contributed by atoms with Crippen LogP contribution < -0.4 is 0 Å². The van der Waals surface area contributed by atoms with Crippen LogP contribution in [-0.2, 0) is 6.42 Å². The Hall–Kier alpha value is -1.65. The first kappa shape index (κ1) is 9.44. The summed E-state index contributed by atoms with van der Waals surface area (Å²) in [6.45, 7) is 2.02. The van der Waals surface area contributed by atoms with Gasteiger partial charge in [0.05, 0.1) is 10.7 Å². The van der Waals surface area contributed by atoms with Gasteiger partial charge in [0.25, 0.3) is 0 Å². The fourth-order valence-electron chi connectivity index (χ4n) is 0.791. The van der Waals surface area contributed by atoms with Crippen LogP contribution in [0.5, 0.6) is 0 Å². The average molecular weight is 189 g/mol.